The maximum atomic E-state index is 12.2. The van der Waals surface area contributed by atoms with Crippen molar-refractivity contribution < 1.29 is 9.59 Å². The summed E-state index contributed by atoms with van der Waals surface area (Å²) in [6.07, 6.45) is 7.57. The first-order valence-corrected chi connectivity index (χ1v) is 7.55. The van der Waals surface area contributed by atoms with Gasteiger partial charge in [0, 0.05) is 12.5 Å². The van der Waals surface area contributed by atoms with Crippen LogP contribution >= 0.6 is 0 Å². The fourth-order valence-electron chi connectivity index (χ4n) is 5.00. The van der Waals surface area contributed by atoms with Crippen LogP contribution in [0.3, 0.4) is 0 Å². The molecule has 4 aliphatic rings. The molecular weight excluding hydrogens is 240 g/mol. The third-order valence-corrected chi connectivity index (χ3v) is 5.24. The van der Waals surface area contributed by atoms with Crippen molar-refractivity contribution in [2.24, 2.45) is 17.8 Å². The van der Waals surface area contributed by atoms with Crippen LogP contribution in [0.2, 0.25) is 0 Å². The summed E-state index contributed by atoms with van der Waals surface area (Å²) in [5.41, 5.74) is 0.0402. The minimum atomic E-state index is -0.425. The number of carbonyl (C=O) groups is 2. The molecule has 1 atom stereocenters. The first-order valence-electron chi connectivity index (χ1n) is 7.55. The van der Waals surface area contributed by atoms with Crippen LogP contribution in [0.25, 0.3) is 0 Å². The standard InChI is InChI=1S/C15H24N2O2/c1-9(16-10(2)18)14(19)17-15-6-11-3-12(7-15)5-13(4-11)8-15/h9,11-13H,3-8H2,1-2H3,(H,16,18)(H,17,19). The number of hydrogen-bond donors (Lipinski definition) is 2. The first kappa shape index (κ1) is 12.9. The van der Waals surface area contributed by atoms with Crippen LogP contribution < -0.4 is 10.6 Å². The summed E-state index contributed by atoms with van der Waals surface area (Å²) in [5, 5.41) is 5.95. The summed E-state index contributed by atoms with van der Waals surface area (Å²) in [5.74, 6) is 2.30. The molecule has 0 aromatic carbocycles. The summed E-state index contributed by atoms with van der Waals surface area (Å²) in [4.78, 5) is 23.3. The third kappa shape index (κ3) is 2.49. The molecule has 2 amide bonds. The van der Waals surface area contributed by atoms with E-state index in [1.165, 1.54) is 26.2 Å². The Morgan fingerprint density at radius 1 is 1.05 bits per heavy atom. The molecule has 4 nitrogen and oxygen atoms in total. The molecule has 4 aliphatic carbocycles. The van der Waals surface area contributed by atoms with Gasteiger partial charge in [0.15, 0.2) is 0 Å². The Bertz CT molecular complexity index is 370. The van der Waals surface area contributed by atoms with Gasteiger partial charge < -0.3 is 10.6 Å². The molecule has 4 fully saturated rings. The maximum Gasteiger partial charge on any atom is 0.242 e. The summed E-state index contributed by atoms with van der Waals surface area (Å²) in [7, 11) is 0. The second-order valence-electron chi connectivity index (χ2n) is 7.11. The van der Waals surface area contributed by atoms with Crippen molar-refractivity contribution in [2.45, 2.75) is 64.0 Å². The van der Waals surface area contributed by atoms with Crippen molar-refractivity contribution in [2.75, 3.05) is 0 Å². The largest absolute Gasteiger partial charge is 0.349 e. The molecule has 4 saturated carbocycles. The quantitative estimate of drug-likeness (QED) is 0.813. The Balaban J connectivity index is 1.66. The zero-order valence-corrected chi connectivity index (χ0v) is 11.9. The van der Waals surface area contributed by atoms with Gasteiger partial charge >= 0.3 is 0 Å². The highest BCUT2D eigenvalue weighted by molar-refractivity contribution is 5.86. The Kier molecular flexibility index (Phi) is 3.06. The van der Waals surface area contributed by atoms with Gasteiger partial charge in [0.2, 0.25) is 11.8 Å². The van der Waals surface area contributed by atoms with Gasteiger partial charge in [-0.1, -0.05) is 0 Å². The van der Waals surface area contributed by atoms with E-state index in [0.29, 0.717) is 0 Å². The number of amides is 2. The number of hydrogen-bond acceptors (Lipinski definition) is 2. The van der Waals surface area contributed by atoms with Crippen LogP contribution in [0, 0.1) is 17.8 Å². The van der Waals surface area contributed by atoms with Crippen molar-refractivity contribution in [1.82, 2.24) is 10.6 Å². The van der Waals surface area contributed by atoms with E-state index in [4.69, 9.17) is 0 Å². The molecule has 19 heavy (non-hydrogen) atoms. The van der Waals surface area contributed by atoms with Gasteiger partial charge in [-0.15, -0.1) is 0 Å². The number of rotatable bonds is 3. The van der Waals surface area contributed by atoms with Gasteiger partial charge in [-0.05, 0) is 63.2 Å². The summed E-state index contributed by atoms with van der Waals surface area (Å²) in [6, 6.07) is -0.425. The molecule has 0 spiro atoms. The first-order chi connectivity index (χ1) is 8.96. The van der Waals surface area contributed by atoms with Crippen LogP contribution in [0.1, 0.15) is 52.4 Å². The normalized spacial score (nSPS) is 40.8. The predicted octanol–water partition coefficient (Wildman–Crippen LogP) is 1.60. The molecule has 0 saturated heterocycles. The van der Waals surface area contributed by atoms with E-state index in [-0.39, 0.29) is 17.4 Å². The monoisotopic (exact) mass is 264 g/mol. The Morgan fingerprint density at radius 2 is 1.53 bits per heavy atom. The fourth-order valence-corrected chi connectivity index (χ4v) is 5.00. The van der Waals surface area contributed by atoms with Crippen molar-refractivity contribution in [3.8, 4) is 0 Å². The zero-order valence-electron chi connectivity index (χ0n) is 11.9. The summed E-state index contributed by atoms with van der Waals surface area (Å²) < 4.78 is 0. The van der Waals surface area contributed by atoms with Crippen LogP contribution in [0.5, 0.6) is 0 Å². The molecule has 4 rings (SSSR count). The third-order valence-electron chi connectivity index (χ3n) is 5.24. The Hall–Kier alpha value is -1.06. The average Bonchev–Trinajstić information content (AvgIpc) is 2.24. The second kappa shape index (κ2) is 4.50. The molecule has 0 radical (unpaired) electrons. The maximum absolute atomic E-state index is 12.2. The molecule has 4 heteroatoms. The number of carbonyl (C=O) groups excluding carboxylic acids is 2. The van der Waals surface area contributed by atoms with Gasteiger partial charge in [0.05, 0.1) is 0 Å². The lowest BCUT2D eigenvalue weighted by Gasteiger charge is -2.57. The topological polar surface area (TPSA) is 58.2 Å². The molecule has 2 N–H and O–H groups in total. The van der Waals surface area contributed by atoms with E-state index >= 15 is 0 Å². The van der Waals surface area contributed by atoms with Crippen molar-refractivity contribution in [3.05, 3.63) is 0 Å². The SMILES string of the molecule is CC(=O)NC(C)C(=O)NC12CC3CC(CC(C3)C1)C2. The highest BCUT2D eigenvalue weighted by Crippen LogP contribution is 2.55. The van der Waals surface area contributed by atoms with Crippen molar-refractivity contribution in [1.29, 1.82) is 0 Å². The fraction of sp³-hybridized carbons (Fsp3) is 0.867. The predicted molar refractivity (Wildman–Crippen MR) is 72.3 cm³/mol. The molecule has 0 aromatic rings. The van der Waals surface area contributed by atoms with E-state index in [1.807, 2.05) is 0 Å². The molecule has 4 bridgehead atoms. The van der Waals surface area contributed by atoms with E-state index in [1.54, 1.807) is 6.92 Å². The molecular formula is C15H24N2O2. The van der Waals surface area contributed by atoms with Crippen LogP contribution in [0.15, 0.2) is 0 Å². The van der Waals surface area contributed by atoms with Crippen LogP contribution in [0.4, 0.5) is 0 Å². The zero-order chi connectivity index (χ0) is 13.6. The summed E-state index contributed by atoms with van der Waals surface area (Å²) in [6.45, 7) is 3.21. The molecule has 0 heterocycles. The van der Waals surface area contributed by atoms with Crippen LogP contribution in [-0.4, -0.2) is 23.4 Å². The molecule has 1 unspecified atom stereocenters. The van der Waals surface area contributed by atoms with Gasteiger partial charge in [0.1, 0.15) is 6.04 Å². The van der Waals surface area contributed by atoms with Gasteiger partial charge in [0.25, 0.3) is 0 Å². The van der Waals surface area contributed by atoms with E-state index in [9.17, 15) is 9.59 Å². The summed E-state index contributed by atoms with van der Waals surface area (Å²) >= 11 is 0. The second-order valence-corrected chi connectivity index (χ2v) is 7.11. The van der Waals surface area contributed by atoms with Crippen LogP contribution in [-0.2, 0) is 9.59 Å². The highest BCUT2D eigenvalue weighted by atomic mass is 16.2. The molecule has 106 valence electrons. The number of nitrogens with one attached hydrogen (secondary N) is 2. The smallest absolute Gasteiger partial charge is 0.242 e. The van der Waals surface area contributed by atoms with E-state index < -0.39 is 6.04 Å². The minimum absolute atomic E-state index is 0.0165. The minimum Gasteiger partial charge on any atom is -0.349 e. The van der Waals surface area contributed by atoms with Gasteiger partial charge in [-0.2, -0.15) is 0 Å². The molecule has 0 aliphatic heterocycles. The van der Waals surface area contributed by atoms with Crippen molar-refractivity contribution >= 4 is 11.8 Å². The lowest BCUT2D eigenvalue weighted by Crippen LogP contribution is -2.62. The van der Waals surface area contributed by atoms with Gasteiger partial charge in [-0.3, -0.25) is 9.59 Å². The van der Waals surface area contributed by atoms with E-state index in [2.05, 4.69) is 10.6 Å². The Labute approximate surface area is 114 Å². The van der Waals surface area contributed by atoms with E-state index in [0.717, 1.165) is 37.0 Å². The van der Waals surface area contributed by atoms with Crippen molar-refractivity contribution in [3.63, 3.8) is 0 Å². The average molecular weight is 264 g/mol. The highest BCUT2D eigenvalue weighted by Gasteiger charge is 2.51. The van der Waals surface area contributed by atoms with Gasteiger partial charge in [-0.25, -0.2) is 0 Å². The lowest BCUT2D eigenvalue weighted by molar-refractivity contribution is -0.131. The molecule has 0 aromatic heterocycles. The Morgan fingerprint density at radius 3 is 1.95 bits per heavy atom. The lowest BCUT2D eigenvalue weighted by atomic mass is 9.53.